The van der Waals surface area contributed by atoms with Crippen molar-refractivity contribution in [3.05, 3.63) is 12.5 Å². The van der Waals surface area contributed by atoms with E-state index in [1.54, 1.807) is 0 Å². The van der Waals surface area contributed by atoms with Gasteiger partial charge in [0.1, 0.15) is 18.8 Å². The molecular weight excluding hydrogens is 80.0 g/mol. The fraction of sp³-hybridized carbons (Fsp3) is 0. The van der Waals surface area contributed by atoms with Crippen molar-refractivity contribution >= 4 is 6.34 Å². The Morgan fingerprint density at radius 3 is 3.00 bits per heavy atom. The van der Waals surface area contributed by atoms with Gasteiger partial charge in [0.25, 0.3) is 0 Å². The minimum absolute atomic E-state index is 1.33. The number of aliphatic imine (C=N–C) groups is 1. The van der Waals surface area contributed by atoms with Crippen LogP contribution in [0.5, 0.6) is 0 Å². The average Bonchev–Trinajstić information content (AvgIpc) is 1.72. The van der Waals surface area contributed by atoms with E-state index >= 15 is 0 Å². The van der Waals surface area contributed by atoms with E-state index in [2.05, 4.69) is 21.5 Å². The molecule has 3 heteroatoms. The van der Waals surface area contributed by atoms with Gasteiger partial charge < -0.3 is 4.84 Å². The number of hydrogen-bond acceptors (Lipinski definition) is 3. The first-order chi connectivity index (χ1) is 3.00. The summed E-state index contributed by atoms with van der Waals surface area (Å²) in [5.41, 5.74) is 2.38. The molecule has 0 aromatic rings. The summed E-state index contributed by atoms with van der Waals surface area (Å²) in [6.07, 6.45) is 5.18. The van der Waals surface area contributed by atoms with Crippen molar-refractivity contribution < 1.29 is 4.84 Å². The fourth-order valence-corrected chi connectivity index (χ4v) is 0.185. The first kappa shape index (κ1) is 3.21. The van der Waals surface area contributed by atoms with Crippen molar-refractivity contribution in [2.75, 3.05) is 0 Å². The topological polar surface area (TPSA) is 33.6 Å². The van der Waals surface area contributed by atoms with Crippen LogP contribution in [0.25, 0.3) is 0 Å². The van der Waals surface area contributed by atoms with E-state index in [1.165, 1.54) is 12.6 Å². The Morgan fingerprint density at radius 2 is 2.83 bits per heavy atom. The number of rotatable bonds is 0. The Hall–Kier alpha value is -0.990. The van der Waals surface area contributed by atoms with Crippen LogP contribution in [0.15, 0.2) is 11.3 Å². The van der Waals surface area contributed by atoms with Gasteiger partial charge in [-0.2, -0.15) is 0 Å². The van der Waals surface area contributed by atoms with Gasteiger partial charge in [0.05, 0.1) is 0 Å². The van der Waals surface area contributed by atoms with Crippen LogP contribution in [0, 0.1) is 6.20 Å². The molecule has 1 aliphatic heterocycles. The van der Waals surface area contributed by atoms with Crippen LogP contribution >= 0.6 is 0 Å². The number of hydrogen-bond donors (Lipinski definition) is 1. The zero-order valence-electron chi connectivity index (χ0n) is 3.01. The van der Waals surface area contributed by atoms with Gasteiger partial charge in [0, 0.05) is 0 Å². The molecule has 0 spiro atoms. The molecule has 0 saturated carbocycles. The summed E-state index contributed by atoms with van der Waals surface area (Å²) < 4.78 is 0. The predicted octanol–water partition coefficient (Wildman–Crippen LogP) is -0.176. The lowest BCUT2D eigenvalue weighted by Gasteiger charge is -1.95. The zero-order valence-corrected chi connectivity index (χ0v) is 3.01. The van der Waals surface area contributed by atoms with Gasteiger partial charge in [-0.25, -0.2) is 10.5 Å². The molecule has 1 N–H and O–H groups in total. The van der Waals surface area contributed by atoms with Gasteiger partial charge in [-0.05, 0) is 0 Å². The van der Waals surface area contributed by atoms with Crippen molar-refractivity contribution in [3.63, 3.8) is 0 Å². The molecule has 3 nitrogen and oxygen atoms in total. The maximum absolute atomic E-state index is 4.43. The molecule has 6 heavy (non-hydrogen) atoms. The minimum atomic E-state index is 1.33. The van der Waals surface area contributed by atoms with Crippen LogP contribution < -0.4 is 5.48 Å². The lowest BCUT2D eigenvalue weighted by Crippen LogP contribution is -2.09. The van der Waals surface area contributed by atoms with Crippen molar-refractivity contribution in [2.45, 2.75) is 0 Å². The third-order valence-corrected chi connectivity index (χ3v) is 0.371. The van der Waals surface area contributed by atoms with Crippen molar-refractivity contribution in [3.8, 4) is 0 Å². The van der Waals surface area contributed by atoms with E-state index in [4.69, 9.17) is 0 Å². The maximum Gasteiger partial charge on any atom is 0.147 e. The summed E-state index contributed by atoms with van der Waals surface area (Å²) in [6.45, 7) is 0. The van der Waals surface area contributed by atoms with Crippen LogP contribution in [0.3, 0.4) is 0 Å². The molecule has 1 heterocycles. The molecule has 0 saturated heterocycles. The zero-order chi connectivity index (χ0) is 4.24. The van der Waals surface area contributed by atoms with E-state index in [0.29, 0.717) is 0 Å². The molecular formula is C3H3N2O. The van der Waals surface area contributed by atoms with E-state index in [-0.39, 0.29) is 0 Å². The second kappa shape index (κ2) is 1.45. The van der Waals surface area contributed by atoms with Gasteiger partial charge in [-0.1, -0.05) is 0 Å². The fourth-order valence-electron chi connectivity index (χ4n) is 0.185. The van der Waals surface area contributed by atoms with E-state index < -0.39 is 0 Å². The maximum atomic E-state index is 4.43. The Bertz CT molecular complexity index is 74.8. The second-order valence-corrected chi connectivity index (χ2v) is 0.741. The molecule has 1 rings (SSSR count). The highest BCUT2D eigenvalue weighted by Crippen LogP contribution is 1.74. The summed E-state index contributed by atoms with van der Waals surface area (Å²) in [5.74, 6) is 0. The molecule has 0 aliphatic carbocycles. The van der Waals surface area contributed by atoms with Gasteiger partial charge in [0.2, 0.25) is 0 Å². The minimum Gasteiger partial charge on any atom is -0.387 e. The van der Waals surface area contributed by atoms with Crippen LogP contribution in [-0.4, -0.2) is 6.34 Å². The molecule has 0 fully saturated rings. The smallest absolute Gasteiger partial charge is 0.147 e. The first-order valence-corrected chi connectivity index (χ1v) is 1.50. The number of hydroxylamine groups is 1. The quantitative estimate of drug-likeness (QED) is 0.441. The number of nitrogens with zero attached hydrogens (tertiary/aromatic N) is 1. The average molecular weight is 83.1 g/mol. The summed E-state index contributed by atoms with van der Waals surface area (Å²) in [4.78, 5) is 7.94. The highest BCUT2D eigenvalue weighted by atomic mass is 16.6. The Kier molecular flexibility index (Phi) is 0.774. The lowest BCUT2D eigenvalue weighted by atomic mass is 10.9. The molecule has 0 aromatic carbocycles. The molecule has 0 unspecified atom stereocenters. The molecule has 1 radical (unpaired) electrons. The monoisotopic (exact) mass is 83.0 g/mol. The summed E-state index contributed by atoms with van der Waals surface area (Å²) >= 11 is 0. The van der Waals surface area contributed by atoms with Crippen LogP contribution in [0.4, 0.5) is 0 Å². The van der Waals surface area contributed by atoms with Crippen LogP contribution in [-0.2, 0) is 4.84 Å². The van der Waals surface area contributed by atoms with Crippen LogP contribution in [0.2, 0.25) is 0 Å². The molecule has 31 valence electrons. The third kappa shape index (κ3) is 0.484. The molecule has 0 atom stereocenters. The van der Waals surface area contributed by atoms with Crippen molar-refractivity contribution in [2.24, 2.45) is 4.99 Å². The van der Waals surface area contributed by atoms with Gasteiger partial charge in [-0.3, -0.25) is 0 Å². The summed E-state index contributed by atoms with van der Waals surface area (Å²) in [5, 5.41) is 0. The first-order valence-electron chi connectivity index (χ1n) is 1.50. The van der Waals surface area contributed by atoms with Gasteiger partial charge in [-0.15, -0.1) is 0 Å². The summed E-state index contributed by atoms with van der Waals surface area (Å²) in [6, 6.07) is 0. The molecule has 0 amide bonds. The Morgan fingerprint density at radius 1 is 1.83 bits per heavy atom. The van der Waals surface area contributed by atoms with Crippen molar-refractivity contribution in [1.82, 2.24) is 5.48 Å². The normalized spacial score (nSPS) is 16.0. The largest absolute Gasteiger partial charge is 0.387 e. The highest BCUT2D eigenvalue weighted by molar-refractivity contribution is 5.53. The Balaban J connectivity index is 2.46. The Labute approximate surface area is 35.3 Å². The van der Waals surface area contributed by atoms with E-state index in [0.717, 1.165) is 0 Å². The van der Waals surface area contributed by atoms with Crippen molar-refractivity contribution in [1.29, 1.82) is 0 Å². The van der Waals surface area contributed by atoms with E-state index in [9.17, 15) is 0 Å². The SMILES string of the molecule is [C]1=CONC=N1. The van der Waals surface area contributed by atoms with E-state index in [1.807, 2.05) is 0 Å². The van der Waals surface area contributed by atoms with Crippen LogP contribution in [0.1, 0.15) is 0 Å². The highest BCUT2D eigenvalue weighted by Gasteiger charge is 1.74. The van der Waals surface area contributed by atoms with Gasteiger partial charge in [0.15, 0.2) is 0 Å². The molecule has 1 aliphatic rings. The molecule has 0 bridgehead atoms. The lowest BCUT2D eigenvalue weighted by molar-refractivity contribution is 0.191. The summed E-state index contributed by atoms with van der Waals surface area (Å²) in [7, 11) is 0. The third-order valence-electron chi connectivity index (χ3n) is 0.371. The molecule has 0 aromatic heterocycles. The second-order valence-electron chi connectivity index (χ2n) is 0.741. The number of nitrogens with one attached hydrogen (secondary N) is 1. The standard InChI is InChI=1S/C3H3N2O/c1-2-6-5-3-4-1/h2-3H,(H,4,5). The predicted molar refractivity (Wildman–Crippen MR) is 20.5 cm³/mol. The van der Waals surface area contributed by atoms with Gasteiger partial charge >= 0.3 is 0 Å².